The Morgan fingerprint density at radius 2 is 2.00 bits per heavy atom. The van der Waals surface area contributed by atoms with Gasteiger partial charge in [0.05, 0.1) is 47.1 Å². The lowest BCUT2D eigenvalue weighted by atomic mass is 9.82. The van der Waals surface area contributed by atoms with Crippen molar-refractivity contribution in [2.24, 2.45) is 5.73 Å². The zero-order chi connectivity index (χ0) is 17.7. The van der Waals surface area contributed by atoms with Gasteiger partial charge in [-0.25, -0.2) is 0 Å². The van der Waals surface area contributed by atoms with Gasteiger partial charge in [-0.1, -0.05) is 36.0 Å². The third-order valence-corrected chi connectivity index (χ3v) is 4.65. The lowest BCUT2D eigenvalue weighted by molar-refractivity contribution is -0.137. The monoisotopic (exact) mass is 340 g/mol. The van der Waals surface area contributed by atoms with Crippen molar-refractivity contribution >= 4 is 17.7 Å². The molecule has 0 saturated heterocycles. The Kier molecular flexibility index (Phi) is 5.51. The van der Waals surface area contributed by atoms with Gasteiger partial charge in [-0.05, 0) is 18.1 Å². The molecular formula is C17H16N4O2S. The van der Waals surface area contributed by atoms with E-state index in [0.717, 1.165) is 22.9 Å². The van der Waals surface area contributed by atoms with E-state index < -0.39 is 11.9 Å². The van der Waals surface area contributed by atoms with Gasteiger partial charge in [-0.15, -0.1) is 0 Å². The first kappa shape index (κ1) is 17.5. The number of methoxy groups -OCH3 is 1. The molecular weight excluding hydrogens is 324 g/mol. The first-order chi connectivity index (χ1) is 11.5. The molecule has 2 rings (SSSR count). The number of hydrogen-bond donors (Lipinski definition) is 2. The Bertz CT molecular complexity index is 815. The number of rotatable bonds is 4. The molecule has 1 aliphatic rings. The van der Waals surface area contributed by atoms with E-state index >= 15 is 0 Å². The van der Waals surface area contributed by atoms with Gasteiger partial charge in [0.15, 0.2) is 0 Å². The van der Waals surface area contributed by atoms with E-state index in [4.69, 9.17) is 5.73 Å². The Morgan fingerprint density at radius 1 is 1.33 bits per heavy atom. The molecule has 0 radical (unpaired) electrons. The second kappa shape index (κ2) is 7.58. The van der Waals surface area contributed by atoms with Crippen LogP contribution in [0.1, 0.15) is 17.0 Å². The minimum absolute atomic E-state index is 0.0413. The topological polar surface area (TPSA) is 112 Å². The molecule has 24 heavy (non-hydrogen) atoms. The lowest BCUT2D eigenvalue weighted by Crippen LogP contribution is -2.30. The van der Waals surface area contributed by atoms with Crippen LogP contribution in [0, 0.1) is 29.6 Å². The third-order valence-electron chi connectivity index (χ3n) is 3.66. The van der Waals surface area contributed by atoms with Gasteiger partial charge >= 0.3 is 5.97 Å². The molecule has 0 bridgehead atoms. The number of nitriles is 2. The van der Waals surface area contributed by atoms with Crippen molar-refractivity contribution in [1.29, 1.82) is 10.5 Å². The van der Waals surface area contributed by atoms with Crippen molar-refractivity contribution in [3.05, 3.63) is 57.4 Å². The van der Waals surface area contributed by atoms with Crippen LogP contribution in [0.15, 0.2) is 46.3 Å². The molecule has 1 aliphatic heterocycles. The van der Waals surface area contributed by atoms with Gasteiger partial charge in [0.25, 0.3) is 0 Å². The first-order valence-corrected chi connectivity index (χ1v) is 8.08. The Balaban J connectivity index is 2.53. The largest absolute Gasteiger partial charge is 0.468 e. The maximum atomic E-state index is 11.4. The number of allylic oxidation sites excluding steroid dienone is 2. The fourth-order valence-electron chi connectivity index (χ4n) is 2.45. The number of aryl methyl sites for hydroxylation is 1. The van der Waals surface area contributed by atoms with E-state index in [1.165, 1.54) is 7.11 Å². The number of nitrogens with one attached hydrogen (secondary N) is 1. The second-order valence-electron chi connectivity index (χ2n) is 5.07. The van der Waals surface area contributed by atoms with E-state index in [2.05, 4.69) is 22.2 Å². The van der Waals surface area contributed by atoms with Gasteiger partial charge in [0.1, 0.15) is 5.82 Å². The molecule has 1 heterocycles. The predicted octanol–water partition coefficient (Wildman–Crippen LogP) is 2.02. The zero-order valence-electron chi connectivity index (χ0n) is 13.3. The van der Waals surface area contributed by atoms with Crippen molar-refractivity contribution < 1.29 is 9.53 Å². The summed E-state index contributed by atoms with van der Waals surface area (Å²) >= 11 is 1.13. The maximum Gasteiger partial charge on any atom is 0.316 e. The van der Waals surface area contributed by atoms with Crippen LogP contribution in [0.3, 0.4) is 0 Å². The van der Waals surface area contributed by atoms with E-state index in [-0.39, 0.29) is 11.6 Å². The summed E-state index contributed by atoms with van der Waals surface area (Å²) in [6.45, 7) is 1.92. The van der Waals surface area contributed by atoms with Crippen molar-refractivity contribution in [2.75, 3.05) is 12.9 Å². The van der Waals surface area contributed by atoms with Crippen molar-refractivity contribution in [2.45, 2.75) is 12.8 Å². The highest BCUT2D eigenvalue weighted by atomic mass is 32.2. The minimum atomic E-state index is -0.553. The van der Waals surface area contributed by atoms with Gasteiger partial charge in [0, 0.05) is 0 Å². The smallest absolute Gasteiger partial charge is 0.316 e. The number of carbonyl (C=O) groups excluding carboxylic acids is 1. The highest BCUT2D eigenvalue weighted by molar-refractivity contribution is 8.03. The summed E-state index contributed by atoms with van der Waals surface area (Å²) < 4.78 is 4.62. The molecule has 6 nitrogen and oxygen atoms in total. The molecule has 1 atom stereocenters. The molecule has 0 unspecified atom stereocenters. The normalized spacial score (nSPS) is 16.9. The van der Waals surface area contributed by atoms with Gasteiger partial charge in [-0.2, -0.15) is 10.5 Å². The quantitative estimate of drug-likeness (QED) is 0.806. The number of thioether (sulfide) groups is 1. The Labute approximate surface area is 144 Å². The number of esters is 1. The molecule has 0 spiro atoms. The average Bonchev–Trinajstić information content (AvgIpc) is 2.59. The zero-order valence-corrected chi connectivity index (χ0v) is 14.1. The number of nitrogens with zero attached hydrogens (tertiary/aromatic N) is 2. The molecule has 1 aromatic rings. The van der Waals surface area contributed by atoms with E-state index in [9.17, 15) is 15.3 Å². The highest BCUT2D eigenvalue weighted by Gasteiger charge is 2.32. The molecule has 0 amide bonds. The molecule has 0 aliphatic carbocycles. The second-order valence-corrected chi connectivity index (χ2v) is 6.06. The number of carbonyl (C=O) groups is 1. The van der Waals surface area contributed by atoms with Crippen LogP contribution in [-0.4, -0.2) is 18.8 Å². The van der Waals surface area contributed by atoms with Crippen LogP contribution < -0.4 is 11.1 Å². The molecule has 3 N–H and O–H groups in total. The van der Waals surface area contributed by atoms with Gasteiger partial charge < -0.3 is 15.8 Å². The van der Waals surface area contributed by atoms with Crippen LogP contribution >= 0.6 is 11.8 Å². The van der Waals surface area contributed by atoms with Crippen molar-refractivity contribution in [1.82, 2.24) is 5.32 Å². The predicted molar refractivity (Wildman–Crippen MR) is 91.0 cm³/mol. The molecule has 1 aromatic carbocycles. The number of ether oxygens (including phenoxy) is 1. The highest BCUT2D eigenvalue weighted by Crippen LogP contribution is 2.40. The molecule has 0 fully saturated rings. The first-order valence-electron chi connectivity index (χ1n) is 7.09. The summed E-state index contributed by atoms with van der Waals surface area (Å²) in [7, 11) is 1.30. The Morgan fingerprint density at radius 3 is 2.58 bits per heavy atom. The standard InChI is InChI=1S/C17H16N4O2S/c1-10-5-3-4-6-11(10)15-12(7-18)16(20)21-17(13(15)8-19)24-9-14(22)23-2/h3-6,15,21H,9,20H2,1-2H3/t15-/m1/s1. The lowest BCUT2D eigenvalue weighted by Gasteiger charge is -2.27. The molecule has 0 aromatic heterocycles. The summed E-state index contributed by atoms with van der Waals surface area (Å²) in [6.07, 6.45) is 0. The van der Waals surface area contributed by atoms with Gasteiger partial charge in [0.2, 0.25) is 0 Å². The minimum Gasteiger partial charge on any atom is -0.468 e. The summed E-state index contributed by atoms with van der Waals surface area (Å²) in [5, 5.41) is 22.5. The average molecular weight is 340 g/mol. The third kappa shape index (κ3) is 3.37. The fraction of sp³-hybridized carbons (Fsp3) is 0.235. The number of benzene rings is 1. The maximum absolute atomic E-state index is 11.4. The van der Waals surface area contributed by atoms with Gasteiger partial charge in [-0.3, -0.25) is 4.79 Å². The molecule has 122 valence electrons. The molecule has 7 heteroatoms. The van der Waals surface area contributed by atoms with Crippen LogP contribution in [0.2, 0.25) is 0 Å². The summed E-state index contributed by atoms with van der Waals surface area (Å²) in [6, 6.07) is 11.8. The molecule has 0 saturated carbocycles. The SMILES string of the molecule is COC(=O)CSC1=C(C#N)[C@H](c2ccccc2C)C(C#N)=C(N)N1. The van der Waals surface area contributed by atoms with Crippen molar-refractivity contribution in [3.8, 4) is 12.1 Å². The van der Waals surface area contributed by atoms with Crippen LogP contribution in [-0.2, 0) is 9.53 Å². The number of dihydropyridines is 1. The van der Waals surface area contributed by atoms with E-state index in [0.29, 0.717) is 16.2 Å². The summed E-state index contributed by atoms with van der Waals surface area (Å²) in [4.78, 5) is 11.4. The van der Waals surface area contributed by atoms with E-state index in [1.54, 1.807) is 0 Å². The van der Waals surface area contributed by atoms with E-state index in [1.807, 2.05) is 31.2 Å². The van der Waals surface area contributed by atoms with Crippen LogP contribution in [0.25, 0.3) is 0 Å². The van der Waals surface area contributed by atoms with Crippen molar-refractivity contribution in [3.63, 3.8) is 0 Å². The van der Waals surface area contributed by atoms with Crippen LogP contribution in [0.5, 0.6) is 0 Å². The fourth-order valence-corrected chi connectivity index (χ4v) is 3.33. The summed E-state index contributed by atoms with van der Waals surface area (Å²) in [5.41, 5.74) is 8.44. The number of hydrogen-bond acceptors (Lipinski definition) is 7. The Hall–Kier alpha value is -2.90. The number of nitrogens with two attached hydrogens (primary N) is 1. The van der Waals surface area contributed by atoms with Crippen LogP contribution in [0.4, 0.5) is 0 Å². The summed E-state index contributed by atoms with van der Waals surface area (Å²) in [5.74, 6) is -0.730.